The van der Waals surface area contributed by atoms with E-state index < -0.39 is 0 Å². The van der Waals surface area contributed by atoms with E-state index in [4.69, 9.17) is 11.0 Å². The summed E-state index contributed by atoms with van der Waals surface area (Å²) in [5, 5.41) is 9.83. The zero-order chi connectivity index (χ0) is 14.1. The van der Waals surface area contributed by atoms with E-state index in [1.807, 2.05) is 0 Å². The Balaban J connectivity index is 1.76. The van der Waals surface area contributed by atoms with Crippen LogP contribution in [0.15, 0.2) is 24.3 Å². The molecule has 0 bridgehead atoms. The average Bonchev–Trinajstić information content (AvgIpc) is 2.76. The Kier molecular flexibility index (Phi) is 3.47. The average molecular weight is 283 g/mol. The van der Waals surface area contributed by atoms with Crippen molar-refractivity contribution in [2.24, 2.45) is 0 Å². The van der Waals surface area contributed by atoms with Crippen molar-refractivity contribution in [3.63, 3.8) is 0 Å². The third kappa shape index (κ3) is 2.43. The first kappa shape index (κ1) is 13.2. The molecular weight excluding hydrogens is 266 g/mol. The standard InChI is InChI=1S/C16H17N3S/c1-11-2-4-12(5-3-11)9-19-7-6-13-14(8-17)16(18)20-15(13)10-19/h2-5H,6-7,9-10,18H2,1H3. The highest BCUT2D eigenvalue weighted by atomic mass is 32.1. The minimum absolute atomic E-state index is 0.676. The van der Waals surface area contributed by atoms with Crippen LogP contribution in [0.5, 0.6) is 0 Å². The summed E-state index contributed by atoms with van der Waals surface area (Å²) in [5.41, 5.74) is 10.4. The molecule has 2 N–H and O–H groups in total. The Labute approximate surface area is 123 Å². The molecule has 20 heavy (non-hydrogen) atoms. The van der Waals surface area contributed by atoms with E-state index in [-0.39, 0.29) is 0 Å². The first-order valence-corrected chi connectivity index (χ1v) is 7.57. The number of nitrogen functional groups attached to an aromatic ring is 1. The summed E-state index contributed by atoms with van der Waals surface area (Å²) in [6.45, 7) is 4.96. The molecule has 1 aliphatic heterocycles. The summed E-state index contributed by atoms with van der Waals surface area (Å²) in [6.07, 6.45) is 0.928. The molecule has 0 radical (unpaired) electrons. The highest BCUT2D eigenvalue weighted by Crippen LogP contribution is 2.34. The van der Waals surface area contributed by atoms with E-state index in [0.29, 0.717) is 10.6 Å². The predicted molar refractivity (Wildman–Crippen MR) is 82.4 cm³/mol. The topological polar surface area (TPSA) is 53.0 Å². The quantitative estimate of drug-likeness (QED) is 0.921. The highest BCUT2D eigenvalue weighted by molar-refractivity contribution is 7.16. The first-order chi connectivity index (χ1) is 9.67. The summed E-state index contributed by atoms with van der Waals surface area (Å²) in [6, 6.07) is 10.9. The maximum Gasteiger partial charge on any atom is 0.104 e. The number of nitriles is 1. The predicted octanol–water partition coefficient (Wildman–Crippen LogP) is 3.07. The lowest BCUT2D eigenvalue weighted by Crippen LogP contribution is -2.29. The van der Waals surface area contributed by atoms with Crippen molar-refractivity contribution >= 4 is 16.3 Å². The normalized spacial score (nSPS) is 14.8. The molecule has 1 aromatic heterocycles. The molecule has 0 aliphatic carbocycles. The van der Waals surface area contributed by atoms with Gasteiger partial charge >= 0.3 is 0 Å². The SMILES string of the molecule is Cc1ccc(CN2CCc3c(sc(N)c3C#N)C2)cc1. The van der Waals surface area contributed by atoms with Crippen molar-refractivity contribution < 1.29 is 0 Å². The summed E-state index contributed by atoms with van der Waals surface area (Å²) in [7, 11) is 0. The fourth-order valence-electron chi connectivity index (χ4n) is 2.69. The van der Waals surface area contributed by atoms with Gasteiger partial charge in [-0.15, -0.1) is 11.3 Å². The number of thiophene rings is 1. The Hall–Kier alpha value is -1.83. The number of anilines is 1. The number of fused-ring (bicyclic) bond motifs is 1. The Morgan fingerprint density at radius 1 is 1.35 bits per heavy atom. The van der Waals surface area contributed by atoms with Gasteiger partial charge in [-0.3, -0.25) is 4.90 Å². The molecule has 3 rings (SSSR count). The Morgan fingerprint density at radius 2 is 2.10 bits per heavy atom. The zero-order valence-corrected chi connectivity index (χ0v) is 12.3. The third-order valence-corrected chi connectivity index (χ3v) is 4.85. The van der Waals surface area contributed by atoms with Gasteiger partial charge < -0.3 is 5.73 Å². The molecule has 0 amide bonds. The van der Waals surface area contributed by atoms with Crippen LogP contribution in [0.25, 0.3) is 0 Å². The molecule has 4 heteroatoms. The van der Waals surface area contributed by atoms with Gasteiger partial charge in [0.05, 0.1) is 5.56 Å². The number of hydrogen-bond acceptors (Lipinski definition) is 4. The number of nitrogens with zero attached hydrogens (tertiary/aromatic N) is 2. The van der Waals surface area contributed by atoms with Gasteiger partial charge in [0.1, 0.15) is 11.1 Å². The lowest BCUT2D eigenvalue weighted by Gasteiger charge is -2.26. The van der Waals surface area contributed by atoms with Gasteiger partial charge in [-0.2, -0.15) is 5.26 Å². The lowest BCUT2D eigenvalue weighted by molar-refractivity contribution is 0.249. The van der Waals surface area contributed by atoms with Crippen LogP contribution in [-0.4, -0.2) is 11.4 Å². The van der Waals surface area contributed by atoms with Crippen LogP contribution in [0.1, 0.15) is 27.1 Å². The van der Waals surface area contributed by atoms with Crippen molar-refractivity contribution in [2.45, 2.75) is 26.4 Å². The fraction of sp³-hybridized carbons (Fsp3) is 0.312. The van der Waals surface area contributed by atoms with Gasteiger partial charge in [0.25, 0.3) is 0 Å². The second kappa shape index (κ2) is 5.28. The van der Waals surface area contributed by atoms with E-state index in [1.54, 1.807) is 11.3 Å². The zero-order valence-electron chi connectivity index (χ0n) is 11.5. The van der Waals surface area contributed by atoms with Crippen LogP contribution in [0.2, 0.25) is 0 Å². The van der Waals surface area contributed by atoms with Gasteiger partial charge in [-0.1, -0.05) is 29.8 Å². The molecule has 0 saturated carbocycles. The second-order valence-electron chi connectivity index (χ2n) is 5.30. The minimum Gasteiger partial charge on any atom is -0.389 e. The molecule has 1 aliphatic rings. The third-order valence-electron chi connectivity index (χ3n) is 3.80. The van der Waals surface area contributed by atoms with E-state index in [1.165, 1.54) is 21.6 Å². The molecule has 0 atom stereocenters. The Bertz CT molecular complexity index is 664. The van der Waals surface area contributed by atoms with E-state index in [9.17, 15) is 0 Å². The number of hydrogen-bond donors (Lipinski definition) is 1. The van der Waals surface area contributed by atoms with Crippen molar-refractivity contribution in [3.05, 3.63) is 51.4 Å². The summed E-state index contributed by atoms with van der Waals surface area (Å²) >= 11 is 1.57. The first-order valence-electron chi connectivity index (χ1n) is 6.75. The number of nitrogens with two attached hydrogens (primary N) is 1. The van der Waals surface area contributed by atoms with E-state index in [0.717, 1.165) is 26.1 Å². The highest BCUT2D eigenvalue weighted by Gasteiger charge is 2.23. The van der Waals surface area contributed by atoms with Gasteiger partial charge in [-0.25, -0.2) is 0 Å². The van der Waals surface area contributed by atoms with Crippen LogP contribution < -0.4 is 5.73 Å². The number of aryl methyl sites for hydroxylation is 1. The van der Waals surface area contributed by atoms with Crippen molar-refractivity contribution in [1.82, 2.24) is 4.90 Å². The molecule has 102 valence electrons. The second-order valence-corrected chi connectivity index (χ2v) is 6.44. The maximum atomic E-state index is 9.15. The monoisotopic (exact) mass is 283 g/mol. The van der Waals surface area contributed by atoms with Gasteiger partial charge in [0.2, 0.25) is 0 Å². The van der Waals surface area contributed by atoms with Crippen molar-refractivity contribution in [2.75, 3.05) is 12.3 Å². The molecule has 1 aromatic carbocycles. The minimum atomic E-state index is 0.676. The van der Waals surface area contributed by atoms with Gasteiger partial charge in [0, 0.05) is 24.5 Å². The van der Waals surface area contributed by atoms with Crippen LogP contribution in [0.3, 0.4) is 0 Å². The summed E-state index contributed by atoms with van der Waals surface area (Å²) in [5.74, 6) is 0. The maximum absolute atomic E-state index is 9.15. The summed E-state index contributed by atoms with van der Waals surface area (Å²) < 4.78 is 0. The van der Waals surface area contributed by atoms with Crippen LogP contribution >= 0.6 is 11.3 Å². The summed E-state index contributed by atoms with van der Waals surface area (Å²) in [4.78, 5) is 3.68. The molecular formula is C16H17N3S. The van der Waals surface area contributed by atoms with Crippen LogP contribution in [0, 0.1) is 18.3 Å². The van der Waals surface area contributed by atoms with Crippen LogP contribution in [-0.2, 0) is 19.5 Å². The smallest absolute Gasteiger partial charge is 0.104 e. The largest absolute Gasteiger partial charge is 0.389 e. The van der Waals surface area contributed by atoms with Crippen molar-refractivity contribution in [1.29, 1.82) is 5.26 Å². The molecule has 2 aromatic rings. The van der Waals surface area contributed by atoms with E-state index >= 15 is 0 Å². The number of benzene rings is 1. The molecule has 3 nitrogen and oxygen atoms in total. The van der Waals surface area contributed by atoms with Crippen LogP contribution in [0.4, 0.5) is 5.00 Å². The fourth-order valence-corrected chi connectivity index (χ4v) is 3.80. The van der Waals surface area contributed by atoms with Gasteiger partial charge in [0.15, 0.2) is 0 Å². The van der Waals surface area contributed by atoms with Gasteiger partial charge in [-0.05, 0) is 24.5 Å². The number of rotatable bonds is 2. The molecule has 0 saturated heterocycles. The molecule has 2 heterocycles. The molecule has 0 unspecified atom stereocenters. The molecule has 0 fully saturated rings. The van der Waals surface area contributed by atoms with E-state index in [2.05, 4.69) is 42.2 Å². The lowest BCUT2D eigenvalue weighted by atomic mass is 10.0. The molecule has 0 spiro atoms. The van der Waals surface area contributed by atoms with Crippen molar-refractivity contribution in [3.8, 4) is 6.07 Å². The Morgan fingerprint density at radius 3 is 2.80 bits per heavy atom.